The highest BCUT2D eigenvalue weighted by Crippen LogP contribution is 2.25. The third-order valence-corrected chi connectivity index (χ3v) is 3.14. The van der Waals surface area contributed by atoms with Crippen LogP contribution >= 0.6 is 12.2 Å². The van der Waals surface area contributed by atoms with Gasteiger partial charge in [0.15, 0.2) is 4.99 Å². The number of hydrogen-bond donors (Lipinski definition) is 2. The van der Waals surface area contributed by atoms with Crippen molar-refractivity contribution in [2.75, 3.05) is 12.4 Å². The lowest BCUT2D eigenvalue weighted by Gasteiger charge is -2.12. The average molecular weight is 304 g/mol. The van der Waals surface area contributed by atoms with E-state index in [0.717, 1.165) is 5.56 Å². The third kappa shape index (κ3) is 4.06. The van der Waals surface area contributed by atoms with Crippen molar-refractivity contribution in [2.24, 2.45) is 0 Å². The lowest BCUT2D eigenvalue weighted by molar-refractivity contribution is -0.110. The summed E-state index contributed by atoms with van der Waals surface area (Å²) >= 11 is 5.06. The third-order valence-electron chi connectivity index (χ3n) is 2.81. The Morgan fingerprint density at radius 3 is 2.86 bits per heavy atom. The van der Waals surface area contributed by atoms with E-state index < -0.39 is 0 Å². The maximum atomic E-state index is 12.1. The van der Waals surface area contributed by atoms with Crippen LogP contribution in [-0.4, -0.2) is 18.0 Å². The Labute approximate surface area is 128 Å². The summed E-state index contributed by atoms with van der Waals surface area (Å²) in [5.74, 6) is 0.904. The molecule has 0 aliphatic carbocycles. The molecule has 0 aliphatic heterocycles. The molecule has 0 radical (unpaired) electrons. The summed E-state index contributed by atoms with van der Waals surface area (Å²) in [6.45, 7) is 2.30. The largest absolute Gasteiger partial charge is 0.495 e. The van der Waals surface area contributed by atoms with Gasteiger partial charge in [-0.1, -0.05) is 18.3 Å². The number of furan rings is 1. The molecule has 6 heteroatoms. The van der Waals surface area contributed by atoms with E-state index in [2.05, 4.69) is 10.6 Å². The summed E-state index contributed by atoms with van der Waals surface area (Å²) < 4.78 is 10.4. The first-order valence-electron chi connectivity index (χ1n) is 6.36. The summed E-state index contributed by atoms with van der Waals surface area (Å²) in [5.41, 5.74) is 1.60. The first-order valence-corrected chi connectivity index (χ1v) is 6.77. The lowest BCUT2D eigenvalue weighted by atomic mass is 10.2. The van der Waals surface area contributed by atoms with Gasteiger partial charge < -0.3 is 19.8 Å². The Morgan fingerprint density at radius 1 is 1.38 bits per heavy atom. The second-order valence-electron chi connectivity index (χ2n) is 4.42. The number of anilines is 1. The molecule has 0 spiro atoms. The molecule has 0 atom stereocenters. The van der Waals surface area contributed by atoms with Crippen molar-refractivity contribution < 1.29 is 13.9 Å². The van der Waals surface area contributed by atoms with Gasteiger partial charge in [0.1, 0.15) is 11.5 Å². The lowest BCUT2D eigenvalue weighted by Crippen LogP contribution is -2.33. The standard InChI is InChI=1S/C15H16N2O3S/c1-10-5-6-13(19-2)12(8-10)17-14(18)15(21)16-9-11-4-3-7-20-11/h3-8H,9H2,1-2H3,(H,16,21)(H,17,18). The van der Waals surface area contributed by atoms with E-state index in [1.807, 2.05) is 19.1 Å². The zero-order valence-electron chi connectivity index (χ0n) is 11.8. The molecule has 0 saturated heterocycles. The van der Waals surface area contributed by atoms with Crippen LogP contribution in [0.4, 0.5) is 5.69 Å². The van der Waals surface area contributed by atoms with Crippen LogP contribution in [0.3, 0.4) is 0 Å². The molecule has 5 nitrogen and oxygen atoms in total. The van der Waals surface area contributed by atoms with Crippen molar-refractivity contribution in [2.45, 2.75) is 13.5 Å². The van der Waals surface area contributed by atoms with Crippen LogP contribution in [0.2, 0.25) is 0 Å². The smallest absolute Gasteiger partial charge is 0.283 e. The molecule has 2 aromatic rings. The van der Waals surface area contributed by atoms with E-state index in [4.69, 9.17) is 21.4 Å². The molecule has 21 heavy (non-hydrogen) atoms. The summed E-state index contributed by atoms with van der Waals surface area (Å²) in [7, 11) is 1.55. The number of hydrogen-bond acceptors (Lipinski definition) is 4. The van der Waals surface area contributed by atoms with Crippen LogP contribution in [0, 0.1) is 6.92 Å². The molecule has 1 aromatic heterocycles. The molecule has 1 aromatic carbocycles. The highest BCUT2D eigenvalue weighted by Gasteiger charge is 2.12. The second kappa shape index (κ2) is 6.90. The van der Waals surface area contributed by atoms with E-state index in [0.29, 0.717) is 23.7 Å². The number of thiocarbonyl (C=S) groups is 1. The maximum absolute atomic E-state index is 12.1. The molecule has 2 N–H and O–H groups in total. The number of methoxy groups -OCH3 is 1. The first-order chi connectivity index (χ1) is 10.1. The van der Waals surface area contributed by atoms with Gasteiger partial charge in [0.25, 0.3) is 5.91 Å². The Hall–Kier alpha value is -2.34. The number of benzene rings is 1. The van der Waals surface area contributed by atoms with E-state index in [1.165, 1.54) is 0 Å². The SMILES string of the molecule is COc1ccc(C)cc1NC(=O)C(=S)NCc1ccco1. The molecule has 0 fully saturated rings. The van der Waals surface area contributed by atoms with Gasteiger partial charge in [0.05, 0.1) is 25.6 Å². The highest BCUT2D eigenvalue weighted by molar-refractivity contribution is 7.82. The molecule has 1 heterocycles. The molecule has 0 saturated carbocycles. The average Bonchev–Trinajstić information content (AvgIpc) is 2.98. The Balaban J connectivity index is 1.97. The predicted molar refractivity (Wildman–Crippen MR) is 84.5 cm³/mol. The predicted octanol–water partition coefficient (Wildman–Crippen LogP) is 2.65. The fourth-order valence-corrected chi connectivity index (χ4v) is 1.88. The Bertz CT molecular complexity index is 638. The number of carbonyl (C=O) groups is 1. The molecule has 2 rings (SSSR count). The van der Waals surface area contributed by atoms with Crippen molar-refractivity contribution in [3.8, 4) is 5.75 Å². The number of rotatable bonds is 4. The summed E-state index contributed by atoms with van der Waals surface area (Å²) in [6, 6.07) is 9.10. The topological polar surface area (TPSA) is 63.5 Å². The van der Waals surface area contributed by atoms with Crippen molar-refractivity contribution in [3.63, 3.8) is 0 Å². The van der Waals surface area contributed by atoms with Gasteiger partial charge in [-0.05, 0) is 36.8 Å². The van der Waals surface area contributed by atoms with E-state index in [1.54, 1.807) is 31.6 Å². The van der Waals surface area contributed by atoms with E-state index in [-0.39, 0.29) is 10.9 Å². The fourth-order valence-electron chi connectivity index (χ4n) is 1.76. The number of aryl methyl sites for hydroxylation is 1. The normalized spacial score (nSPS) is 10.0. The van der Waals surface area contributed by atoms with Crippen LogP contribution in [0.1, 0.15) is 11.3 Å². The van der Waals surface area contributed by atoms with Crippen LogP contribution in [0.25, 0.3) is 0 Å². The van der Waals surface area contributed by atoms with Crippen LogP contribution in [0.15, 0.2) is 41.0 Å². The fraction of sp³-hybridized carbons (Fsp3) is 0.200. The van der Waals surface area contributed by atoms with Gasteiger partial charge in [0, 0.05) is 0 Å². The minimum atomic E-state index is -0.388. The van der Waals surface area contributed by atoms with E-state index in [9.17, 15) is 4.79 Å². The summed E-state index contributed by atoms with van der Waals surface area (Å²) in [5, 5.41) is 5.58. The zero-order chi connectivity index (χ0) is 15.2. The Morgan fingerprint density at radius 2 is 2.19 bits per heavy atom. The van der Waals surface area contributed by atoms with Gasteiger partial charge in [-0.3, -0.25) is 4.79 Å². The molecule has 1 amide bonds. The Kier molecular flexibility index (Phi) is 4.94. The number of amides is 1. The maximum Gasteiger partial charge on any atom is 0.283 e. The first kappa shape index (κ1) is 15.1. The van der Waals surface area contributed by atoms with Crippen molar-refractivity contribution in [3.05, 3.63) is 47.9 Å². The quantitative estimate of drug-likeness (QED) is 0.850. The molecule has 0 unspecified atom stereocenters. The number of ether oxygens (including phenoxy) is 1. The van der Waals surface area contributed by atoms with Crippen LogP contribution < -0.4 is 15.4 Å². The summed E-state index contributed by atoms with van der Waals surface area (Å²) in [4.78, 5) is 12.1. The van der Waals surface area contributed by atoms with Gasteiger partial charge in [-0.25, -0.2) is 0 Å². The minimum absolute atomic E-state index is 0.0926. The number of carbonyl (C=O) groups excluding carboxylic acids is 1. The van der Waals surface area contributed by atoms with Gasteiger partial charge in [0.2, 0.25) is 0 Å². The van der Waals surface area contributed by atoms with Crippen molar-refractivity contribution in [1.82, 2.24) is 5.32 Å². The van der Waals surface area contributed by atoms with Crippen molar-refractivity contribution in [1.29, 1.82) is 0 Å². The molecule has 0 bridgehead atoms. The minimum Gasteiger partial charge on any atom is -0.495 e. The molecule has 0 aliphatic rings. The molecule has 110 valence electrons. The number of nitrogens with one attached hydrogen (secondary N) is 2. The van der Waals surface area contributed by atoms with Gasteiger partial charge >= 0.3 is 0 Å². The second-order valence-corrected chi connectivity index (χ2v) is 4.83. The highest BCUT2D eigenvalue weighted by atomic mass is 32.1. The van der Waals surface area contributed by atoms with Gasteiger partial charge in [-0.15, -0.1) is 0 Å². The summed E-state index contributed by atoms with van der Waals surface area (Å²) in [6.07, 6.45) is 1.57. The molecular weight excluding hydrogens is 288 g/mol. The van der Waals surface area contributed by atoms with Crippen LogP contribution in [-0.2, 0) is 11.3 Å². The molecular formula is C15H16N2O3S. The monoisotopic (exact) mass is 304 g/mol. The van der Waals surface area contributed by atoms with Crippen molar-refractivity contribution >= 4 is 28.8 Å². The van der Waals surface area contributed by atoms with Gasteiger partial charge in [-0.2, -0.15) is 0 Å². The van der Waals surface area contributed by atoms with Crippen LogP contribution in [0.5, 0.6) is 5.75 Å². The zero-order valence-corrected chi connectivity index (χ0v) is 12.6. The van der Waals surface area contributed by atoms with E-state index >= 15 is 0 Å².